The lowest BCUT2D eigenvalue weighted by molar-refractivity contribution is 0.0953. The number of ketones is 2. The molecule has 4 aromatic rings. The summed E-state index contributed by atoms with van der Waals surface area (Å²) < 4.78 is 24.9. The fourth-order valence-electron chi connectivity index (χ4n) is 4.00. The summed E-state index contributed by atoms with van der Waals surface area (Å²) in [6, 6.07) is 28.1. The number of aliphatic hydroxyl groups is 1. The summed E-state index contributed by atoms with van der Waals surface area (Å²) in [6.07, 6.45) is 0. The Hall–Kier alpha value is -3.17. The van der Waals surface area contributed by atoms with Crippen molar-refractivity contribution < 1.29 is 23.1 Å². The topological polar surface area (TPSA) is 88.5 Å². The van der Waals surface area contributed by atoms with Gasteiger partial charge in [0.2, 0.25) is 0 Å². The molecule has 0 fully saturated rings. The first kappa shape index (κ1) is 29.8. The summed E-state index contributed by atoms with van der Waals surface area (Å²) in [5.74, 6) is 0.0770. The monoisotopic (exact) mass is 590 g/mol. The van der Waals surface area contributed by atoms with Crippen molar-refractivity contribution in [2.24, 2.45) is 0 Å². The predicted molar refractivity (Wildman–Crippen MR) is 161 cm³/mol. The normalized spacial score (nSPS) is 11.8. The van der Waals surface area contributed by atoms with Gasteiger partial charge in [0.1, 0.15) is 4.75 Å². The highest BCUT2D eigenvalue weighted by atomic mass is 32.2. The molecule has 0 aliphatic heterocycles. The van der Waals surface area contributed by atoms with Gasteiger partial charge in [0.25, 0.3) is 0 Å². The van der Waals surface area contributed by atoms with E-state index in [0.29, 0.717) is 22.4 Å². The Bertz CT molecular complexity index is 1590. The van der Waals surface area contributed by atoms with Crippen LogP contribution >= 0.6 is 23.5 Å². The van der Waals surface area contributed by atoms with Gasteiger partial charge in [-0.1, -0.05) is 41.6 Å². The summed E-state index contributed by atoms with van der Waals surface area (Å²) in [6.45, 7) is 4.87. The summed E-state index contributed by atoms with van der Waals surface area (Å²) >= 11 is 3.01. The largest absolute Gasteiger partial charge is 0.396 e. The van der Waals surface area contributed by atoms with E-state index in [-0.39, 0.29) is 17.3 Å². The zero-order chi connectivity index (χ0) is 28.9. The maximum Gasteiger partial charge on any atom is 0.193 e. The second kappa shape index (κ2) is 12.6. The Labute approximate surface area is 244 Å². The molecule has 1 N–H and O–H groups in total. The van der Waals surface area contributed by atoms with Crippen molar-refractivity contribution in [3.63, 3.8) is 0 Å². The molecule has 0 unspecified atom stereocenters. The van der Waals surface area contributed by atoms with Crippen LogP contribution in [0.15, 0.2) is 117 Å². The molecule has 0 aliphatic rings. The average Bonchev–Trinajstić information content (AvgIpc) is 2.96. The molecular formula is C32H30O5S3. The van der Waals surface area contributed by atoms with Gasteiger partial charge < -0.3 is 5.11 Å². The third-order valence-corrected chi connectivity index (χ3v) is 10.9. The zero-order valence-corrected chi connectivity index (χ0v) is 24.9. The fraction of sp³-hybridized carbons (Fsp3) is 0.188. The Morgan fingerprint density at radius 2 is 1.15 bits per heavy atom. The molecule has 0 bridgehead atoms. The summed E-state index contributed by atoms with van der Waals surface area (Å²) in [4.78, 5) is 29.1. The van der Waals surface area contributed by atoms with Crippen LogP contribution in [-0.2, 0) is 9.84 Å². The van der Waals surface area contributed by atoms with Gasteiger partial charge in [-0.3, -0.25) is 9.59 Å². The number of aryl methyl sites for hydroxylation is 1. The van der Waals surface area contributed by atoms with Crippen LogP contribution in [0.25, 0.3) is 0 Å². The number of hydrogen-bond donors (Lipinski definition) is 1. The number of Topliss-reactive ketones (excluding diaryl/α,β-unsaturated/α-hetero) is 1. The second-order valence-corrected chi connectivity index (χ2v) is 14.5. The van der Waals surface area contributed by atoms with Gasteiger partial charge in [-0.2, -0.15) is 0 Å². The minimum atomic E-state index is -3.89. The van der Waals surface area contributed by atoms with Gasteiger partial charge in [0.15, 0.2) is 21.4 Å². The molecule has 0 radical (unpaired) electrons. The van der Waals surface area contributed by atoms with Crippen LogP contribution in [-0.4, -0.2) is 42.2 Å². The van der Waals surface area contributed by atoms with Crippen LogP contribution in [0.4, 0.5) is 0 Å². The zero-order valence-electron chi connectivity index (χ0n) is 22.5. The van der Waals surface area contributed by atoms with Crippen LogP contribution in [0.5, 0.6) is 0 Å². The first-order valence-corrected chi connectivity index (χ1v) is 15.9. The molecule has 0 saturated carbocycles. The quantitative estimate of drug-likeness (QED) is 0.150. The Balaban J connectivity index is 1.42. The number of carbonyl (C=O) groups excluding carboxylic acids is 2. The van der Waals surface area contributed by atoms with Crippen LogP contribution < -0.4 is 0 Å². The van der Waals surface area contributed by atoms with Gasteiger partial charge in [-0.05, 0) is 93.6 Å². The molecule has 4 rings (SSSR count). The Morgan fingerprint density at radius 1 is 0.700 bits per heavy atom. The van der Waals surface area contributed by atoms with E-state index in [4.69, 9.17) is 5.11 Å². The highest BCUT2D eigenvalue weighted by molar-refractivity contribution is 7.99. The van der Waals surface area contributed by atoms with Crippen LogP contribution in [0, 0.1) is 6.92 Å². The SMILES string of the molecule is Cc1ccc(S(=O)(=O)C(C)(C)C(=O)c2ccc(Sc3ccc(C(=O)c4ccc(SCCO)cc4)cc3)cc2)cc1. The van der Waals surface area contributed by atoms with Crippen LogP contribution in [0.2, 0.25) is 0 Å². The molecule has 0 saturated heterocycles. The Morgan fingerprint density at radius 3 is 1.62 bits per heavy atom. The maximum atomic E-state index is 13.3. The lowest BCUT2D eigenvalue weighted by Crippen LogP contribution is -2.40. The number of carbonyl (C=O) groups is 2. The average molecular weight is 591 g/mol. The smallest absolute Gasteiger partial charge is 0.193 e. The number of aliphatic hydroxyl groups excluding tert-OH is 1. The van der Waals surface area contributed by atoms with E-state index in [2.05, 4.69) is 0 Å². The molecule has 0 atom stereocenters. The molecule has 0 spiro atoms. The number of benzene rings is 4. The highest BCUT2D eigenvalue weighted by Gasteiger charge is 2.43. The van der Waals surface area contributed by atoms with Crippen molar-refractivity contribution in [2.75, 3.05) is 12.4 Å². The Kier molecular flexibility index (Phi) is 9.36. The van der Waals surface area contributed by atoms with Crippen LogP contribution in [0.3, 0.4) is 0 Å². The summed E-state index contributed by atoms with van der Waals surface area (Å²) in [7, 11) is -3.89. The number of rotatable bonds is 11. The van der Waals surface area contributed by atoms with E-state index in [9.17, 15) is 18.0 Å². The van der Waals surface area contributed by atoms with E-state index in [1.54, 1.807) is 60.7 Å². The molecule has 4 aromatic carbocycles. The third-order valence-electron chi connectivity index (χ3n) is 6.50. The van der Waals surface area contributed by atoms with E-state index in [1.807, 2.05) is 31.2 Å². The lowest BCUT2D eigenvalue weighted by Gasteiger charge is -2.23. The first-order valence-electron chi connectivity index (χ1n) is 12.7. The minimum absolute atomic E-state index is 0.0682. The molecule has 40 heavy (non-hydrogen) atoms. The van der Waals surface area contributed by atoms with Crippen molar-refractivity contribution in [2.45, 2.75) is 45.1 Å². The van der Waals surface area contributed by atoms with Crippen molar-refractivity contribution in [1.82, 2.24) is 0 Å². The number of hydrogen-bond acceptors (Lipinski definition) is 7. The second-order valence-electron chi connectivity index (χ2n) is 9.73. The van der Waals surface area contributed by atoms with Crippen LogP contribution in [0.1, 0.15) is 45.7 Å². The van der Waals surface area contributed by atoms with Crippen molar-refractivity contribution in [3.8, 4) is 0 Å². The number of thioether (sulfide) groups is 1. The molecular weight excluding hydrogens is 561 g/mol. The molecule has 0 aromatic heterocycles. The minimum Gasteiger partial charge on any atom is -0.396 e. The molecule has 8 heteroatoms. The van der Waals surface area contributed by atoms with E-state index in [0.717, 1.165) is 20.2 Å². The van der Waals surface area contributed by atoms with Gasteiger partial charge in [-0.25, -0.2) is 8.42 Å². The molecule has 0 aliphatic carbocycles. The lowest BCUT2D eigenvalue weighted by atomic mass is 10.0. The van der Waals surface area contributed by atoms with Crippen molar-refractivity contribution >= 4 is 44.9 Å². The van der Waals surface area contributed by atoms with Gasteiger partial charge in [-0.15, -0.1) is 11.8 Å². The predicted octanol–water partition coefficient (Wildman–Crippen LogP) is 6.90. The fourth-order valence-corrected chi connectivity index (χ4v) is 6.92. The first-order chi connectivity index (χ1) is 19.0. The summed E-state index contributed by atoms with van der Waals surface area (Å²) in [5.41, 5.74) is 2.45. The molecule has 5 nitrogen and oxygen atoms in total. The van der Waals surface area contributed by atoms with Crippen molar-refractivity contribution in [3.05, 3.63) is 119 Å². The molecule has 206 valence electrons. The van der Waals surface area contributed by atoms with Gasteiger partial charge >= 0.3 is 0 Å². The van der Waals surface area contributed by atoms with Crippen molar-refractivity contribution in [1.29, 1.82) is 0 Å². The standard InChI is InChI=1S/C32H30O5S3/c1-22-4-18-29(19-5-22)40(36,37)32(2,3)31(35)25-10-16-28(17-11-25)39-27-14-8-24(9-15-27)30(34)23-6-12-26(13-7-23)38-21-20-33/h4-19,33H,20-21H2,1-3H3. The van der Waals surface area contributed by atoms with E-state index >= 15 is 0 Å². The van der Waals surface area contributed by atoms with Gasteiger partial charge in [0, 0.05) is 37.1 Å². The van der Waals surface area contributed by atoms with Gasteiger partial charge in [0.05, 0.1) is 11.5 Å². The highest BCUT2D eigenvalue weighted by Crippen LogP contribution is 2.32. The van der Waals surface area contributed by atoms with E-state index < -0.39 is 20.4 Å². The van der Waals surface area contributed by atoms with E-state index in [1.165, 1.54) is 49.5 Å². The summed E-state index contributed by atoms with van der Waals surface area (Å²) in [5, 5.41) is 8.96. The third kappa shape index (κ3) is 6.58. The molecule has 0 heterocycles. The number of sulfone groups is 1. The molecule has 0 amide bonds. The maximum absolute atomic E-state index is 13.3.